The Morgan fingerprint density at radius 2 is 0.604 bits per heavy atom. The molecule has 8 rings (SSSR count). The zero-order chi connectivity index (χ0) is 35.5. The second kappa shape index (κ2) is 17.3. The summed E-state index contributed by atoms with van der Waals surface area (Å²) in [7, 11) is 0. The molecule has 250 valence electrons. The summed E-state index contributed by atoms with van der Waals surface area (Å²) in [6.07, 6.45) is 21.5. The molecule has 0 spiro atoms. The van der Waals surface area contributed by atoms with Gasteiger partial charge in [-0.1, -0.05) is 48.5 Å². The Labute approximate surface area is 321 Å². The summed E-state index contributed by atoms with van der Waals surface area (Å²) >= 11 is 0. The fourth-order valence-corrected chi connectivity index (χ4v) is 5.47. The number of pyridine rings is 6. The van der Waals surface area contributed by atoms with Crippen molar-refractivity contribution >= 4 is 0 Å². The van der Waals surface area contributed by atoms with Crippen LogP contribution >= 0.6 is 0 Å². The molecule has 0 saturated carbocycles. The van der Waals surface area contributed by atoms with E-state index >= 15 is 0 Å². The molecule has 0 bridgehead atoms. The van der Waals surface area contributed by atoms with E-state index in [2.05, 4.69) is 31.8 Å². The average Bonchev–Trinajstić information content (AvgIpc) is 3.25. The molecule has 7 heteroatoms. The molecule has 53 heavy (non-hydrogen) atoms. The van der Waals surface area contributed by atoms with Crippen LogP contribution in [0.4, 0.5) is 0 Å². The summed E-state index contributed by atoms with van der Waals surface area (Å²) in [6.45, 7) is 0. The molecule has 0 unspecified atom stereocenters. The second-order valence-corrected chi connectivity index (χ2v) is 11.5. The van der Waals surface area contributed by atoms with E-state index in [0.717, 1.165) is 78.9 Å². The van der Waals surface area contributed by atoms with Crippen molar-refractivity contribution in [1.29, 1.82) is 0 Å². The Morgan fingerprint density at radius 3 is 0.830 bits per heavy atom. The minimum absolute atomic E-state index is 0. The molecular formula is C46H28N6Ru. The van der Waals surface area contributed by atoms with Crippen molar-refractivity contribution in [3.63, 3.8) is 0 Å². The van der Waals surface area contributed by atoms with E-state index in [9.17, 15) is 0 Å². The fraction of sp³-hybridized carbons (Fsp3) is 0. The van der Waals surface area contributed by atoms with Crippen molar-refractivity contribution in [2.24, 2.45) is 0 Å². The van der Waals surface area contributed by atoms with Gasteiger partial charge in [0.15, 0.2) is 0 Å². The molecule has 0 amide bonds. The first-order valence-electron chi connectivity index (χ1n) is 16.4. The normalized spacial score (nSPS) is 10.1. The third-order valence-electron chi connectivity index (χ3n) is 8.09. The van der Waals surface area contributed by atoms with E-state index in [1.807, 2.05) is 146 Å². The molecule has 8 aromatic rings. The zero-order valence-electron chi connectivity index (χ0n) is 28.2. The van der Waals surface area contributed by atoms with Crippen molar-refractivity contribution in [2.45, 2.75) is 0 Å². The van der Waals surface area contributed by atoms with Crippen LogP contribution in [-0.4, -0.2) is 29.9 Å². The summed E-state index contributed by atoms with van der Waals surface area (Å²) in [6, 6.07) is 46.7. The molecule has 0 radical (unpaired) electrons. The largest absolute Gasteiger partial charge is 2.00 e. The predicted molar refractivity (Wildman–Crippen MR) is 205 cm³/mol. The molecule has 0 saturated heterocycles. The molecule has 0 atom stereocenters. The molecule has 6 aromatic heterocycles. The molecule has 2 aromatic carbocycles. The first-order valence-corrected chi connectivity index (χ1v) is 16.4. The molecule has 0 aliphatic rings. The molecule has 0 fully saturated rings. The van der Waals surface area contributed by atoms with Crippen molar-refractivity contribution in [1.82, 2.24) is 29.9 Å². The van der Waals surface area contributed by atoms with Crippen molar-refractivity contribution in [3.05, 3.63) is 194 Å². The van der Waals surface area contributed by atoms with Gasteiger partial charge in [0.25, 0.3) is 0 Å². The minimum Gasteiger partial charge on any atom is -0.366 e. The maximum Gasteiger partial charge on any atom is 2.00 e. The summed E-state index contributed by atoms with van der Waals surface area (Å²) in [5.41, 5.74) is 12.1. The number of benzene rings is 2. The van der Waals surface area contributed by atoms with Crippen LogP contribution in [0.5, 0.6) is 0 Å². The first kappa shape index (κ1) is 35.9. The fourth-order valence-electron chi connectivity index (χ4n) is 5.47. The Bertz CT molecular complexity index is 2200. The van der Waals surface area contributed by atoms with Gasteiger partial charge in [0.2, 0.25) is 0 Å². The average molecular weight is 766 g/mol. The topological polar surface area (TPSA) is 77.3 Å². The first-order chi connectivity index (χ1) is 25.7. The van der Waals surface area contributed by atoms with E-state index in [4.69, 9.17) is 22.8 Å². The van der Waals surface area contributed by atoms with Crippen LogP contribution in [0.3, 0.4) is 0 Å². The van der Waals surface area contributed by atoms with Crippen LogP contribution in [0.15, 0.2) is 170 Å². The maximum atomic E-state index is 7.24. The van der Waals surface area contributed by atoms with Gasteiger partial charge >= 0.3 is 19.5 Å². The Kier molecular flexibility index (Phi) is 11.7. The third kappa shape index (κ3) is 8.88. The van der Waals surface area contributed by atoms with Crippen LogP contribution in [0.25, 0.3) is 67.8 Å². The number of rotatable bonds is 6. The Balaban J connectivity index is 0.000000178. The predicted octanol–water partition coefficient (Wildman–Crippen LogP) is 9.62. The van der Waals surface area contributed by atoms with E-state index in [1.165, 1.54) is 0 Å². The van der Waals surface area contributed by atoms with Gasteiger partial charge in [0, 0.05) is 24.8 Å². The van der Waals surface area contributed by atoms with Crippen LogP contribution < -0.4 is 0 Å². The van der Waals surface area contributed by atoms with Gasteiger partial charge in [-0.05, 0) is 95.1 Å². The number of hydrogen-bond acceptors (Lipinski definition) is 6. The van der Waals surface area contributed by atoms with E-state index in [1.54, 1.807) is 24.8 Å². The Morgan fingerprint density at radius 1 is 0.321 bits per heavy atom. The van der Waals surface area contributed by atoms with Crippen LogP contribution in [0.2, 0.25) is 0 Å². The summed E-state index contributed by atoms with van der Waals surface area (Å²) in [5, 5.41) is 0. The maximum absolute atomic E-state index is 7.24. The van der Waals surface area contributed by atoms with Gasteiger partial charge in [0.05, 0.1) is 45.6 Å². The van der Waals surface area contributed by atoms with Gasteiger partial charge in [-0.15, -0.1) is 35.4 Å². The SMILES string of the molecule is [C-]#Cc1ccc(-c2cc(-c3ccccn3)nc(-c3ccccn3)c2)cc1.[C-]#Cc1ccc(-c2cc(-c3ccccn3)nc(-c3ccccn3)c2)cc1.[Ru+2]. The molecule has 0 aliphatic carbocycles. The van der Waals surface area contributed by atoms with Gasteiger partial charge < -0.3 is 12.8 Å². The van der Waals surface area contributed by atoms with Crippen molar-refractivity contribution < 1.29 is 19.5 Å². The molecule has 6 nitrogen and oxygen atoms in total. The molecule has 6 heterocycles. The zero-order valence-corrected chi connectivity index (χ0v) is 29.9. The molecule has 0 N–H and O–H groups in total. The Hall–Kier alpha value is -6.92. The van der Waals surface area contributed by atoms with Gasteiger partial charge in [-0.25, -0.2) is 9.97 Å². The smallest absolute Gasteiger partial charge is 0.366 e. The summed E-state index contributed by atoms with van der Waals surface area (Å²) < 4.78 is 0. The van der Waals surface area contributed by atoms with Crippen LogP contribution in [0.1, 0.15) is 11.1 Å². The standard InChI is InChI=1S/2C23H14N3.Ru/c2*1-2-17-9-11-18(12-10-17)19-15-22(20-7-3-5-13-24-20)26-23(16-19)21-8-4-6-14-25-21;/h2*3-16H;/q2*-1;+2. The summed E-state index contributed by atoms with van der Waals surface area (Å²) in [4.78, 5) is 27.2. The van der Waals surface area contributed by atoms with Crippen LogP contribution in [-0.2, 0) is 19.5 Å². The number of hydrogen-bond donors (Lipinski definition) is 0. The monoisotopic (exact) mass is 766 g/mol. The quantitative estimate of drug-likeness (QED) is 0.0954. The second-order valence-electron chi connectivity index (χ2n) is 11.5. The van der Waals surface area contributed by atoms with E-state index in [-0.39, 0.29) is 19.5 Å². The molecular weight excluding hydrogens is 738 g/mol. The van der Waals surface area contributed by atoms with E-state index < -0.39 is 0 Å². The van der Waals surface area contributed by atoms with Gasteiger partial charge in [0.1, 0.15) is 0 Å². The van der Waals surface area contributed by atoms with E-state index in [0.29, 0.717) is 0 Å². The molecule has 0 aliphatic heterocycles. The number of aromatic nitrogens is 6. The number of nitrogens with zero attached hydrogens (tertiary/aromatic N) is 6. The summed E-state index contributed by atoms with van der Waals surface area (Å²) in [5.74, 6) is 4.80. The third-order valence-corrected chi connectivity index (χ3v) is 8.09. The van der Waals surface area contributed by atoms with Gasteiger partial charge in [-0.3, -0.25) is 31.8 Å². The van der Waals surface area contributed by atoms with Crippen LogP contribution in [0, 0.1) is 24.7 Å². The van der Waals surface area contributed by atoms with Crippen molar-refractivity contribution in [3.8, 4) is 79.6 Å². The van der Waals surface area contributed by atoms with Crippen molar-refractivity contribution in [2.75, 3.05) is 0 Å². The van der Waals surface area contributed by atoms with Gasteiger partial charge in [-0.2, -0.15) is 0 Å². The minimum atomic E-state index is 0.